The maximum atomic E-state index is 13.8. The van der Waals surface area contributed by atoms with Gasteiger partial charge in [0.2, 0.25) is 5.13 Å². The molecule has 0 bridgehead atoms. The number of carbonyl (C=O) groups is 1. The van der Waals surface area contributed by atoms with Crippen molar-refractivity contribution in [3.05, 3.63) is 65.5 Å². The van der Waals surface area contributed by atoms with Gasteiger partial charge < -0.3 is 4.74 Å². The van der Waals surface area contributed by atoms with Crippen LogP contribution < -0.4 is 10.1 Å². The third-order valence-electron chi connectivity index (χ3n) is 4.02. The Labute approximate surface area is 171 Å². The van der Waals surface area contributed by atoms with Gasteiger partial charge in [-0.1, -0.05) is 66.4 Å². The number of rotatable bonds is 8. The van der Waals surface area contributed by atoms with Crippen molar-refractivity contribution >= 4 is 34.1 Å². The van der Waals surface area contributed by atoms with Crippen LogP contribution in [0.15, 0.2) is 52.9 Å². The largest absolute Gasteiger partial charge is 0.478 e. The first-order chi connectivity index (χ1) is 13.6. The maximum Gasteiger partial charge on any atom is 0.267 e. The summed E-state index contributed by atoms with van der Waals surface area (Å²) in [6.07, 6.45) is -0.419. The Balaban J connectivity index is 1.58. The molecule has 2 aromatic carbocycles. The molecule has 3 rings (SSSR count). The molecular weight excluding hydrogens is 397 g/mol. The lowest BCUT2D eigenvalue weighted by molar-refractivity contribution is -0.122. The van der Waals surface area contributed by atoms with Crippen molar-refractivity contribution < 1.29 is 13.9 Å². The van der Waals surface area contributed by atoms with Crippen molar-refractivity contribution in [1.82, 2.24) is 10.2 Å². The number of aromatic nitrogens is 2. The number of thioether (sulfide) groups is 1. The molecule has 0 radical (unpaired) electrons. The Morgan fingerprint density at radius 3 is 2.71 bits per heavy atom. The number of nitrogens with one attached hydrogen (secondary N) is 1. The molecule has 0 saturated carbocycles. The number of amides is 1. The van der Waals surface area contributed by atoms with E-state index in [-0.39, 0.29) is 11.7 Å². The number of nitrogens with zero attached hydrogens (tertiary/aromatic N) is 2. The Kier molecular flexibility index (Phi) is 7.00. The molecule has 1 heterocycles. The minimum absolute atomic E-state index is 0.0521. The van der Waals surface area contributed by atoms with E-state index in [1.54, 1.807) is 30.8 Å². The summed E-state index contributed by atoms with van der Waals surface area (Å²) in [5.74, 6) is -0.0448. The standard InChI is InChI=1S/C20H20FN3O2S2/c1-3-16(26-17-11-7-6-10-15(17)21)18(25)22-19-23-24-20(28-19)27-12-14-9-5-4-8-13(14)2/h4-11,16H,3,12H2,1-2H3,(H,22,23,25). The van der Waals surface area contributed by atoms with Crippen molar-refractivity contribution in [3.63, 3.8) is 0 Å². The maximum absolute atomic E-state index is 13.8. The Morgan fingerprint density at radius 2 is 1.96 bits per heavy atom. The van der Waals surface area contributed by atoms with Gasteiger partial charge in [-0.15, -0.1) is 10.2 Å². The fraction of sp³-hybridized carbons (Fsp3) is 0.250. The van der Waals surface area contributed by atoms with E-state index >= 15 is 0 Å². The lowest BCUT2D eigenvalue weighted by Gasteiger charge is -2.16. The number of anilines is 1. The molecule has 28 heavy (non-hydrogen) atoms. The summed E-state index contributed by atoms with van der Waals surface area (Å²) >= 11 is 2.87. The summed E-state index contributed by atoms with van der Waals surface area (Å²) in [5.41, 5.74) is 2.46. The molecule has 0 aliphatic rings. The molecule has 0 fully saturated rings. The number of aryl methyl sites for hydroxylation is 1. The van der Waals surface area contributed by atoms with Crippen LogP contribution in [0.1, 0.15) is 24.5 Å². The SMILES string of the molecule is CCC(Oc1ccccc1F)C(=O)Nc1nnc(SCc2ccccc2C)s1. The van der Waals surface area contributed by atoms with Gasteiger partial charge >= 0.3 is 0 Å². The molecule has 1 unspecified atom stereocenters. The highest BCUT2D eigenvalue weighted by atomic mass is 32.2. The van der Waals surface area contributed by atoms with Gasteiger partial charge in [-0.2, -0.15) is 0 Å². The molecule has 1 N–H and O–H groups in total. The molecule has 8 heteroatoms. The number of ether oxygens (including phenoxy) is 1. The van der Waals surface area contributed by atoms with Gasteiger partial charge in [-0.05, 0) is 36.6 Å². The summed E-state index contributed by atoms with van der Waals surface area (Å²) in [6, 6.07) is 14.2. The van der Waals surface area contributed by atoms with Gasteiger partial charge in [-0.25, -0.2) is 4.39 Å². The molecule has 1 atom stereocenters. The summed E-state index contributed by atoms with van der Waals surface area (Å²) in [5, 5.41) is 11.2. The summed E-state index contributed by atoms with van der Waals surface area (Å²) in [7, 11) is 0. The number of hydrogen-bond acceptors (Lipinski definition) is 6. The van der Waals surface area contributed by atoms with Crippen LogP contribution in [-0.2, 0) is 10.5 Å². The van der Waals surface area contributed by atoms with Crippen molar-refractivity contribution in [1.29, 1.82) is 0 Å². The van der Waals surface area contributed by atoms with Crippen LogP contribution >= 0.6 is 23.1 Å². The van der Waals surface area contributed by atoms with Crippen molar-refractivity contribution in [2.45, 2.75) is 36.5 Å². The smallest absolute Gasteiger partial charge is 0.267 e. The summed E-state index contributed by atoms with van der Waals surface area (Å²) in [6.45, 7) is 3.87. The highest BCUT2D eigenvalue weighted by Gasteiger charge is 2.21. The highest BCUT2D eigenvalue weighted by Crippen LogP contribution is 2.29. The van der Waals surface area contributed by atoms with E-state index in [4.69, 9.17) is 4.74 Å². The molecule has 0 spiro atoms. The van der Waals surface area contributed by atoms with Crippen LogP contribution in [0.2, 0.25) is 0 Å². The fourth-order valence-electron chi connectivity index (χ4n) is 2.43. The number of para-hydroxylation sites is 1. The predicted octanol–water partition coefficient (Wildman–Crippen LogP) is 5.07. The highest BCUT2D eigenvalue weighted by molar-refractivity contribution is 8.00. The average molecular weight is 418 g/mol. The summed E-state index contributed by atoms with van der Waals surface area (Å²) < 4.78 is 20.0. The first-order valence-electron chi connectivity index (χ1n) is 8.79. The molecule has 0 aliphatic carbocycles. The number of benzene rings is 2. The van der Waals surface area contributed by atoms with E-state index in [1.165, 1.54) is 34.6 Å². The molecule has 3 aromatic rings. The van der Waals surface area contributed by atoms with Gasteiger partial charge in [0.25, 0.3) is 5.91 Å². The lowest BCUT2D eigenvalue weighted by atomic mass is 10.1. The van der Waals surface area contributed by atoms with Crippen molar-refractivity contribution in [2.75, 3.05) is 5.32 Å². The van der Waals surface area contributed by atoms with E-state index in [0.29, 0.717) is 11.6 Å². The monoisotopic (exact) mass is 417 g/mol. The molecule has 0 saturated heterocycles. The quantitative estimate of drug-likeness (QED) is 0.409. The van der Waals surface area contributed by atoms with Gasteiger partial charge in [0.05, 0.1) is 0 Å². The molecular formula is C20H20FN3O2S2. The Bertz CT molecular complexity index is 948. The third kappa shape index (κ3) is 5.30. The molecule has 5 nitrogen and oxygen atoms in total. The van der Waals surface area contributed by atoms with Gasteiger partial charge in [0.1, 0.15) is 0 Å². The topological polar surface area (TPSA) is 64.1 Å². The van der Waals surface area contributed by atoms with Crippen LogP contribution in [0.4, 0.5) is 9.52 Å². The van der Waals surface area contributed by atoms with Crippen LogP contribution in [0.3, 0.4) is 0 Å². The number of halogens is 1. The summed E-state index contributed by atoms with van der Waals surface area (Å²) in [4.78, 5) is 12.5. The Hall–Kier alpha value is -2.45. The molecule has 1 amide bonds. The van der Waals surface area contributed by atoms with Crippen LogP contribution in [0.25, 0.3) is 0 Å². The van der Waals surface area contributed by atoms with Crippen LogP contribution in [0, 0.1) is 12.7 Å². The van der Waals surface area contributed by atoms with E-state index in [0.717, 1.165) is 10.1 Å². The minimum Gasteiger partial charge on any atom is -0.478 e. The van der Waals surface area contributed by atoms with Gasteiger partial charge in [0.15, 0.2) is 22.0 Å². The van der Waals surface area contributed by atoms with E-state index in [2.05, 4.69) is 34.6 Å². The molecule has 1 aromatic heterocycles. The second kappa shape index (κ2) is 9.66. The van der Waals surface area contributed by atoms with Crippen LogP contribution in [-0.4, -0.2) is 22.2 Å². The van der Waals surface area contributed by atoms with E-state index in [1.807, 2.05) is 12.1 Å². The molecule has 0 aliphatic heterocycles. The number of hydrogen-bond donors (Lipinski definition) is 1. The van der Waals surface area contributed by atoms with Gasteiger partial charge in [-0.3, -0.25) is 10.1 Å². The average Bonchev–Trinajstić information content (AvgIpc) is 3.14. The molecule has 146 valence electrons. The predicted molar refractivity (Wildman–Crippen MR) is 110 cm³/mol. The Morgan fingerprint density at radius 1 is 1.21 bits per heavy atom. The normalized spacial score (nSPS) is 11.8. The zero-order valence-electron chi connectivity index (χ0n) is 15.5. The lowest BCUT2D eigenvalue weighted by Crippen LogP contribution is -2.32. The zero-order valence-corrected chi connectivity index (χ0v) is 17.1. The van der Waals surface area contributed by atoms with Crippen molar-refractivity contribution in [3.8, 4) is 5.75 Å². The first kappa shape index (κ1) is 20.3. The number of carbonyl (C=O) groups excluding carboxylic acids is 1. The van der Waals surface area contributed by atoms with E-state index in [9.17, 15) is 9.18 Å². The minimum atomic E-state index is -0.816. The van der Waals surface area contributed by atoms with Crippen molar-refractivity contribution in [2.24, 2.45) is 0 Å². The second-order valence-corrected chi connectivity index (χ2v) is 8.22. The first-order valence-corrected chi connectivity index (χ1v) is 10.6. The van der Waals surface area contributed by atoms with Crippen LogP contribution in [0.5, 0.6) is 5.75 Å². The second-order valence-electron chi connectivity index (χ2n) is 6.02. The third-order valence-corrected chi connectivity index (χ3v) is 6.04. The van der Waals surface area contributed by atoms with Gasteiger partial charge in [0, 0.05) is 5.75 Å². The van der Waals surface area contributed by atoms with E-state index < -0.39 is 11.9 Å². The zero-order chi connectivity index (χ0) is 19.9. The fourth-order valence-corrected chi connectivity index (χ4v) is 4.26.